The average Bonchev–Trinajstić information content (AvgIpc) is 2.45. The Balaban J connectivity index is 2.60. The Morgan fingerprint density at radius 2 is 2.04 bits per heavy atom. The summed E-state index contributed by atoms with van der Waals surface area (Å²) in [6.07, 6.45) is -5.28. The number of carbonyl (C=O) groups is 2. The molecule has 1 heterocycles. The molecule has 0 bridgehead atoms. The van der Waals surface area contributed by atoms with Crippen molar-refractivity contribution in [1.29, 1.82) is 0 Å². The van der Waals surface area contributed by atoms with E-state index in [0.717, 1.165) is 0 Å². The van der Waals surface area contributed by atoms with Crippen molar-refractivity contribution in [3.05, 3.63) is 33.4 Å². The number of carbonyl (C=O) groups excluding carboxylic acids is 2. The normalized spacial score (nSPS) is 27.2. The highest BCUT2D eigenvalue weighted by molar-refractivity contribution is 14.1. The number of halogens is 4. The van der Waals surface area contributed by atoms with E-state index in [1.807, 2.05) is 22.6 Å². The molecule has 24 heavy (non-hydrogen) atoms. The van der Waals surface area contributed by atoms with Crippen LogP contribution in [-0.4, -0.2) is 35.6 Å². The predicted molar refractivity (Wildman–Crippen MR) is 84.7 cm³/mol. The number of alkyl halides is 3. The Labute approximate surface area is 148 Å². The second kappa shape index (κ2) is 6.75. The first-order valence-electron chi connectivity index (χ1n) is 6.90. The fourth-order valence-corrected chi connectivity index (χ4v) is 3.25. The Bertz CT molecular complexity index is 655. The van der Waals surface area contributed by atoms with Crippen molar-refractivity contribution in [3.63, 3.8) is 0 Å². The summed E-state index contributed by atoms with van der Waals surface area (Å²) >= 11 is 1.87. The first kappa shape index (κ1) is 18.8. The monoisotopic (exact) mass is 458 g/mol. The maximum atomic E-state index is 13.4. The number of aliphatic hydroxyl groups is 1. The largest absolute Gasteiger partial charge is 0.466 e. The van der Waals surface area contributed by atoms with Crippen molar-refractivity contribution in [2.45, 2.75) is 24.9 Å². The second-order valence-electron chi connectivity index (χ2n) is 5.09. The molecule has 0 aromatic heterocycles. The van der Waals surface area contributed by atoms with E-state index in [1.165, 1.54) is 18.3 Å². The van der Waals surface area contributed by atoms with E-state index in [2.05, 4.69) is 5.32 Å². The van der Waals surface area contributed by atoms with Gasteiger partial charge in [-0.2, -0.15) is 13.2 Å². The summed E-state index contributed by atoms with van der Waals surface area (Å²) in [6, 6.07) is 3.65. The minimum atomic E-state index is -5.28. The van der Waals surface area contributed by atoms with Crippen LogP contribution in [0.1, 0.15) is 18.5 Å². The summed E-state index contributed by atoms with van der Waals surface area (Å²) in [5.41, 5.74) is -3.47. The Hall–Kier alpha value is -1.56. The highest BCUT2D eigenvalue weighted by atomic mass is 127. The molecule has 1 aliphatic heterocycles. The van der Waals surface area contributed by atoms with Crippen molar-refractivity contribution < 1.29 is 32.6 Å². The molecule has 1 aromatic rings. The Morgan fingerprint density at radius 1 is 1.42 bits per heavy atom. The fraction of sp³-hybridized carbons (Fsp3) is 0.429. The molecule has 0 spiro atoms. The van der Waals surface area contributed by atoms with Gasteiger partial charge in [-0.1, -0.05) is 18.2 Å². The number of ether oxygens (including phenoxy) is 1. The number of rotatable bonds is 3. The van der Waals surface area contributed by atoms with Crippen LogP contribution in [0.3, 0.4) is 0 Å². The Morgan fingerprint density at radius 3 is 2.58 bits per heavy atom. The van der Waals surface area contributed by atoms with Crippen LogP contribution < -0.4 is 10.6 Å². The topological polar surface area (TPSA) is 87.7 Å². The van der Waals surface area contributed by atoms with Crippen LogP contribution in [0.5, 0.6) is 0 Å². The van der Waals surface area contributed by atoms with Gasteiger partial charge in [-0.15, -0.1) is 0 Å². The average molecular weight is 458 g/mol. The molecular weight excluding hydrogens is 444 g/mol. The van der Waals surface area contributed by atoms with Gasteiger partial charge in [0.2, 0.25) is 0 Å². The maximum Gasteiger partial charge on any atom is 0.437 e. The molecule has 0 saturated carbocycles. The molecule has 1 fully saturated rings. The molecule has 1 aliphatic rings. The first-order valence-corrected chi connectivity index (χ1v) is 7.98. The van der Waals surface area contributed by atoms with Gasteiger partial charge in [0, 0.05) is 3.57 Å². The summed E-state index contributed by atoms with van der Waals surface area (Å²) < 4.78 is 45.5. The summed E-state index contributed by atoms with van der Waals surface area (Å²) in [5, 5.41) is 13.9. The molecule has 3 N–H and O–H groups in total. The number of hydrogen-bond donors (Lipinski definition) is 3. The van der Waals surface area contributed by atoms with E-state index in [-0.39, 0.29) is 12.2 Å². The van der Waals surface area contributed by atoms with Gasteiger partial charge in [0.05, 0.1) is 12.6 Å². The van der Waals surface area contributed by atoms with Gasteiger partial charge < -0.3 is 20.5 Å². The number of amides is 2. The smallest absolute Gasteiger partial charge is 0.437 e. The van der Waals surface area contributed by atoms with E-state index >= 15 is 0 Å². The van der Waals surface area contributed by atoms with Crippen LogP contribution in [0.4, 0.5) is 18.0 Å². The SMILES string of the molecule is CCOC(=O)[C@@H]1[C@H](c2ccccc2I)NC(=O)N[C@@]1(O)C(F)(F)F. The van der Waals surface area contributed by atoms with Crippen LogP contribution in [0, 0.1) is 9.49 Å². The third kappa shape index (κ3) is 3.29. The van der Waals surface area contributed by atoms with E-state index in [9.17, 15) is 27.9 Å². The second-order valence-corrected chi connectivity index (χ2v) is 6.25. The number of hydrogen-bond acceptors (Lipinski definition) is 4. The third-order valence-corrected chi connectivity index (χ3v) is 4.57. The molecule has 3 atom stereocenters. The van der Waals surface area contributed by atoms with Gasteiger partial charge in [0.15, 0.2) is 0 Å². The zero-order valence-electron chi connectivity index (χ0n) is 12.4. The van der Waals surface area contributed by atoms with E-state index in [1.54, 1.807) is 18.2 Å². The van der Waals surface area contributed by atoms with Gasteiger partial charge in [-0.05, 0) is 41.1 Å². The molecule has 1 saturated heterocycles. The fourth-order valence-electron chi connectivity index (χ4n) is 2.52. The van der Waals surface area contributed by atoms with Gasteiger partial charge in [0.25, 0.3) is 5.72 Å². The number of esters is 1. The van der Waals surface area contributed by atoms with Gasteiger partial charge in [0.1, 0.15) is 5.92 Å². The van der Waals surface area contributed by atoms with Crippen molar-refractivity contribution in [3.8, 4) is 0 Å². The van der Waals surface area contributed by atoms with Crippen molar-refractivity contribution in [2.24, 2.45) is 5.92 Å². The minimum Gasteiger partial charge on any atom is -0.466 e. The molecule has 2 rings (SSSR count). The molecule has 132 valence electrons. The van der Waals surface area contributed by atoms with E-state index in [0.29, 0.717) is 3.57 Å². The lowest BCUT2D eigenvalue weighted by atomic mass is 9.82. The minimum absolute atomic E-state index is 0.171. The number of nitrogens with one attached hydrogen (secondary N) is 2. The number of urea groups is 1. The van der Waals surface area contributed by atoms with Crippen LogP contribution in [-0.2, 0) is 9.53 Å². The van der Waals surface area contributed by atoms with Crippen molar-refractivity contribution >= 4 is 34.6 Å². The quantitative estimate of drug-likeness (QED) is 0.479. The highest BCUT2D eigenvalue weighted by Crippen LogP contribution is 2.43. The standard InChI is InChI=1S/C14H14F3IN2O4/c1-2-24-11(21)9-10(7-5-3-4-6-8(7)18)19-12(22)20-13(9,23)14(15,16)17/h3-6,9-10,23H,2H2,1H3,(H2,19,20,22)/t9-,10-,13-/m0/s1. The van der Waals surface area contributed by atoms with Crippen LogP contribution in [0.25, 0.3) is 0 Å². The maximum absolute atomic E-state index is 13.4. The summed E-state index contributed by atoms with van der Waals surface area (Å²) in [5.74, 6) is -3.37. The van der Waals surface area contributed by atoms with E-state index in [4.69, 9.17) is 4.74 Å². The molecule has 2 amide bonds. The van der Waals surface area contributed by atoms with Crippen molar-refractivity contribution in [2.75, 3.05) is 6.61 Å². The molecule has 0 aliphatic carbocycles. The lowest BCUT2D eigenvalue weighted by Gasteiger charge is -2.44. The van der Waals surface area contributed by atoms with Gasteiger partial charge >= 0.3 is 18.2 Å². The third-order valence-electron chi connectivity index (χ3n) is 3.59. The predicted octanol–water partition coefficient (Wildman–Crippen LogP) is 2.08. The molecule has 6 nitrogen and oxygen atoms in total. The summed E-state index contributed by atoms with van der Waals surface area (Å²) in [6.45, 7) is 1.26. The van der Waals surface area contributed by atoms with Crippen molar-refractivity contribution in [1.82, 2.24) is 10.6 Å². The zero-order chi connectivity index (χ0) is 18.1. The van der Waals surface area contributed by atoms with Crippen LogP contribution >= 0.6 is 22.6 Å². The molecular formula is C14H14F3IN2O4. The zero-order valence-corrected chi connectivity index (χ0v) is 14.5. The lowest BCUT2D eigenvalue weighted by Crippen LogP contribution is -2.73. The molecule has 10 heteroatoms. The van der Waals surface area contributed by atoms with E-state index < -0.39 is 35.9 Å². The van der Waals surface area contributed by atoms with Crippen LogP contribution in [0.2, 0.25) is 0 Å². The molecule has 0 radical (unpaired) electrons. The number of benzene rings is 1. The van der Waals surface area contributed by atoms with Gasteiger partial charge in [-0.25, -0.2) is 4.79 Å². The molecule has 0 unspecified atom stereocenters. The lowest BCUT2D eigenvalue weighted by molar-refractivity contribution is -0.294. The first-order chi connectivity index (χ1) is 11.1. The Kier molecular flexibility index (Phi) is 5.28. The molecule has 1 aromatic carbocycles. The highest BCUT2D eigenvalue weighted by Gasteiger charge is 2.67. The summed E-state index contributed by atoms with van der Waals surface area (Å²) in [7, 11) is 0. The van der Waals surface area contributed by atoms with Crippen LogP contribution in [0.15, 0.2) is 24.3 Å². The van der Waals surface area contributed by atoms with Gasteiger partial charge in [-0.3, -0.25) is 4.79 Å². The summed E-state index contributed by atoms with van der Waals surface area (Å²) in [4.78, 5) is 23.9.